The summed E-state index contributed by atoms with van der Waals surface area (Å²) in [4.78, 5) is 15.6. The first kappa shape index (κ1) is 12.1. The number of hydrogen-bond donors (Lipinski definition) is 3. The summed E-state index contributed by atoms with van der Waals surface area (Å²) in [6.45, 7) is 3.70. The van der Waals surface area contributed by atoms with E-state index in [2.05, 4.69) is 4.98 Å². The second-order valence-electron chi connectivity index (χ2n) is 3.38. The third-order valence-corrected chi connectivity index (χ3v) is 3.22. The van der Waals surface area contributed by atoms with Gasteiger partial charge in [-0.05, 0) is 13.8 Å². The maximum absolute atomic E-state index is 10.6. The number of amides is 1. The van der Waals surface area contributed by atoms with Crippen molar-refractivity contribution in [1.82, 2.24) is 4.98 Å². The number of nitrogens with zero attached hydrogens (tertiary/aromatic N) is 1. The molecule has 0 spiro atoms. The Morgan fingerprint density at radius 3 is 2.53 bits per heavy atom. The van der Waals surface area contributed by atoms with E-state index in [1.807, 2.05) is 13.8 Å². The molecule has 84 valence electrons. The second kappa shape index (κ2) is 4.69. The zero-order valence-electron chi connectivity index (χ0n) is 8.60. The second-order valence-corrected chi connectivity index (χ2v) is 4.61. The molecule has 0 saturated carbocycles. The summed E-state index contributed by atoms with van der Waals surface area (Å²) in [5, 5.41) is 19.5. The van der Waals surface area contributed by atoms with Gasteiger partial charge in [-0.2, -0.15) is 0 Å². The quantitative estimate of drug-likeness (QED) is 0.680. The van der Waals surface area contributed by atoms with Crippen LogP contribution in [0.1, 0.15) is 28.1 Å². The highest BCUT2D eigenvalue weighted by atomic mass is 32.1. The van der Waals surface area contributed by atoms with Crippen LogP contribution in [0.25, 0.3) is 0 Å². The van der Waals surface area contributed by atoms with Crippen LogP contribution in [0.2, 0.25) is 0 Å². The highest BCUT2D eigenvalue weighted by Crippen LogP contribution is 2.25. The zero-order chi connectivity index (χ0) is 11.6. The van der Waals surface area contributed by atoms with E-state index in [0.29, 0.717) is 5.01 Å². The van der Waals surface area contributed by atoms with E-state index in [-0.39, 0.29) is 6.42 Å². The molecule has 0 radical (unpaired) electrons. The first-order valence-electron chi connectivity index (χ1n) is 4.50. The molecule has 1 aromatic rings. The molecule has 1 amide bonds. The maximum atomic E-state index is 10.6. The number of aliphatic hydroxyl groups excluding tert-OH is 2. The van der Waals surface area contributed by atoms with Crippen molar-refractivity contribution in [3.8, 4) is 0 Å². The van der Waals surface area contributed by atoms with Crippen LogP contribution in [-0.4, -0.2) is 27.2 Å². The van der Waals surface area contributed by atoms with Gasteiger partial charge in [-0.25, -0.2) is 4.98 Å². The van der Waals surface area contributed by atoms with Gasteiger partial charge in [0.1, 0.15) is 11.1 Å². The van der Waals surface area contributed by atoms with Gasteiger partial charge in [-0.3, -0.25) is 4.79 Å². The lowest BCUT2D eigenvalue weighted by Crippen LogP contribution is -2.25. The molecule has 0 fully saturated rings. The Bertz CT molecular complexity index is 345. The minimum Gasteiger partial charge on any atom is -0.389 e. The predicted molar refractivity (Wildman–Crippen MR) is 56.4 cm³/mol. The molecule has 0 aliphatic rings. The molecule has 1 heterocycles. The van der Waals surface area contributed by atoms with Gasteiger partial charge in [-0.1, -0.05) is 0 Å². The van der Waals surface area contributed by atoms with Crippen LogP contribution in [0.5, 0.6) is 0 Å². The number of primary amides is 1. The van der Waals surface area contributed by atoms with Crippen molar-refractivity contribution in [3.05, 3.63) is 15.6 Å². The number of aliphatic hydroxyl groups is 2. The molecule has 5 nitrogen and oxygen atoms in total. The SMILES string of the molecule is Cc1nc(C(O)C(O)CC(N)=O)sc1C. The Labute approximate surface area is 91.6 Å². The van der Waals surface area contributed by atoms with E-state index >= 15 is 0 Å². The topological polar surface area (TPSA) is 96.4 Å². The van der Waals surface area contributed by atoms with Gasteiger partial charge < -0.3 is 15.9 Å². The van der Waals surface area contributed by atoms with Crippen molar-refractivity contribution in [2.75, 3.05) is 0 Å². The van der Waals surface area contributed by atoms with Gasteiger partial charge in [0.25, 0.3) is 0 Å². The molecular weight excluding hydrogens is 216 g/mol. The molecule has 0 aliphatic heterocycles. The van der Waals surface area contributed by atoms with Crippen molar-refractivity contribution in [2.45, 2.75) is 32.5 Å². The number of thiazole rings is 1. The lowest BCUT2D eigenvalue weighted by molar-refractivity contribution is -0.121. The van der Waals surface area contributed by atoms with E-state index in [1.54, 1.807) is 0 Å². The minimum absolute atomic E-state index is 0.265. The number of aryl methyl sites for hydroxylation is 2. The van der Waals surface area contributed by atoms with Gasteiger partial charge >= 0.3 is 0 Å². The monoisotopic (exact) mass is 230 g/mol. The third-order valence-electron chi connectivity index (χ3n) is 2.07. The molecule has 0 bridgehead atoms. The van der Waals surface area contributed by atoms with E-state index < -0.39 is 18.1 Å². The Morgan fingerprint density at radius 1 is 1.53 bits per heavy atom. The van der Waals surface area contributed by atoms with Crippen molar-refractivity contribution in [1.29, 1.82) is 0 Å². The fraction of sp³-hybridized carbons (Fsp3) is 0.556. The van der Waals surface area contributed by atoms with E-state index in [9.17, 15) is 15.0 Å². The summed E-state index contributed by atoms with van der Waals surface area (Å²) in [5.74, 6) is -0.647. The molecule has 0 saturated heterocycles. The number of carbonyl (C=O) groups excluding carboxylic acids is 1. The molecule has 1 rings (SSSR count). The van der Waals surface area contributed by atoms with E-state index in [0.717, 1.165) is 10.6 Å². The number of hydrogen-bond acceptors (Lipinski definition) is 5. The molecule has 2 atom stereocenters. The highest BCUT2D eigenvalue weighted by Gasteiger charge is 2.23. The van der Waals surface area contributed by atoms with Crippen LogP contribution in [0.4, 0.5) is 0 Å². The molecule has 6 heteroatoms. The lowest BCUT2D eigenvalue weighted by Gasteiger charge is -2.13. The Morgan fingerprint density at radius 2 is 2.13 bits per heavy atom. The van der Waals surface area contributed by atoms with Gasteiger partial charge in [-0.15, -0.1) is 11.3 Å². The van der Waals surface area contributed by atoms with Gasteiger partial charge in [0.05, 0.1) is 18.2 Å². The smallest absolute Gasteiger partial charge is 0.220 e. The number of aromatic nitrogens is 1. The Hall–Kier alpha value is -0.980. The summed E-state index contributed by atoms with van der Waals surface area (Å²) in [5.41, 5.74) is 5.74. The van der Waals surface area contributed by atoms with Gasteiger partial charge in [0.2, 0.25) is 5.91 Å². The Balaban J connectivity index is 2.75. The van der Waals surface area contributed by atoms with Crippen LogP contribution < -0.4 is 5.73 Å². The van der Waals surface area contributed by atoms with Gasteiger partial charge in [0, 0.05) is 4.88 Å². The minimum atomic E-state index is -1.19. The third kappa shape index (κ3) is 2.98. The molecule has 4 N–H and O–H groups in total. The number of nitrogens with two attached hydrogens (primary N) is 1. The Kier molecular flexibility index (Phi) is 3.78. The largest absolute Gasteiger partial charge is 0.389 e. The van der Waals surface area contributed by atoms with Gasteiger partial charge in [0.15, 0.2) is 0 Å². The van der Waals surface area contributed by atoms with Crippen molar-refractivity contribution in [2.24, 2.45) is 5.73 Å². The lowest BCUT2D eigenvalue weighted by atomic mass is 10.1. The highest BCUT2D eigenvalue weighted by molar-refractivity contribution is 7.11. The molecule has 2 unspecified atom stereocenters. The normalized spacial score (nSPS) is 14.9. The summed E-state index contributed by atoms with van der Waals surface area (Å²) < 4.78 is 0. The average molecular weight is 230 g/mol. The van der Waals surface area contributed by atoms with Crippen LogP contribution >= 0.6 is 11.3 Å². The van der Waals surface area contributed by atoms with Crippen LogP contribution in [0.15, 0.2) is 0 Å². The van der Waals surface area contributed by atoms with Crippen molar-refractivity contribution >= 4 is 17.2 Å². The summed E-state index contributed by atoms with van der Waals surface area (Å²) in [6, 6.07) is 0. The standard InChI is InChI=1S/C9H14N2O3S/c1-4-5(2)15-9(11-4)8(14)6(12)3-7(10)13/h6,8,12,14H,3H2,1-2H3,(H2,10,13). The average Bonchev–Trinajstić information content (AvgIpc) is 2.44. The summed E-state index contributed by atoms with van der Waals surface area (Å²) in [6.07, 6.45) is -2.60. The van der Waals surface area contributed by atoms with E-state index in [1.165, 1.54) is 11.3 Å². The fourth-order valence-electron chi connectivity index (χ4n) is 1.11. The van der Waals surface area contributed by atoms with Crippen LogP contribution in [0.3, 0.4) is 0 Å². The molecule has 0 aliphatic carbocycles. The fourth-order valence-corrected chi connectivity index (χ4v) is 2.07. The number of carbonyl (C=O) groups is 1. The van der Waals surface area contributed by atoms with E-state index in [4.69, 9.17) is 5.73 Å². The van der Waals surface area contributed by atoms with Crippen LogP contribution in [-0.2, 0) is 4.79 Å². The predicted octanol–water partition coefficient (Wildman–Crippen LogP) is 0.0296. The molecule has 0 aromatic carbocycles. The zero-order valence-corrected chi connectivity index (χ0v) is 9.41. The number of rotatable bonds is 4. The molecular formula is C9H14N2O3S. The maximum Gasteiger partial charge on any atom is 0.220 e. The summed E-state index contributed by atoms with van der Waals surface area (Å²) in [7, 11) is 0. The molecule has 1 aromatic heterocycles. The first-order valence-corrected chi connectivity index (χ1v) is 5.31. The van der Waals surface area contributed by atoms with Crippen molar-refractivity contribution < 1.29 is 15.0 Å². The molecule has 15 heavy (non-hydrogen) atoms. The first-order chi connectivity index (χ1) is 6.91. The summed E-state index contributed by atoms with van der Waals surface area (Å²) >= 11 is 1.30. The van der Waals surface area contributed by atoms with Crippen molar-refractivity contribution in [3.63, 3.8) is 0 Å². The van der Waals surface area contributed by atoms with Crippen LogP contribution in [0, 0.1) is 13.8 Å².